The van der Waals surface area contributed by atoms with Crippen LogP contribution in [-0.2, 0) is 4.79 Å². The Hall–Kier alpha value is -1.88. The van der Waals surface area contributed by atoms with E-state index in [4.69, 9.17) is 0 Å². The smallest absolute Gasteiger partial charge is 0.251 e. The molecular weight excluding hydrogens is 256 g/mol. The minimum Gasteiger partial charge on any atom is -0.396 e. The first-order valence-electron chi connectivity index (χ1n) is 6.89. The number of carbonyl (C=O) groups excluding carboxylic acids is 2. The zero-order valence-electron chi connectivity index (χ0n) is 11.6. The van der Waals surface area contributed by atoms with Crippen LogP contribution in [0.15, 0.2) is 24.3 Å². The zero-order valence-corrected chi connectivity index (χ0v) is 11.6. The molecule has 0 aromatic heterocycles. The van der Waals surface area contributed by atoms with E-state index in [0.717, 1.165) is 19.3 Å². The van der Waals surface area contributed by atoms with Gasteiger partial charge in [-0.15, -0.1) is 0 Å². The van der Waals surface area contributed by atoms with Crippen LogP contribution in [0.5, 0.6) is 0 Å². The Kier molecular flexibility index (Phi) is 4.74. The topological polar surface area (TPSA) is 78.4 Å². The zero-order chi connectivity index (χ0) is 14.5. The summed E-state index contributed by atoms with van der Waals surface area (Å²) in [5.74, 6) is -0.110. The molecule has 2 rings (SSSR count). The van der Waals surface area contributed by atoms with Gasteiger partial charge in [0, 0.05) is 36.7 Å². The molecule has 0 bridgehead atoms. The van der Waals surface area contributed by atoms with Crippen molar-refractivity contribution in [1.82, 2.24) is 5.32 Å². The summed E-state index contributed by atoms with van der Waals surface area (Å²) in [5.41, 5.74) is 1.23. The van der Waals surface area contributed by atoms with Crippen molar-refractivity contribution >= 4 is 17.5 Å². The van der Waals surface area contributed by atoms with Gasteiger partial charge in [0.2, 0.25) is 5.91 Å². The van der Waals surface area contributed by atoms with Gasteiger partial charge in [-0.2, -0.15) is 0 Å². The molecule has 2 unspecified atom stereocenters. The molecule has 3 N–H and O–H groups in total. The van der Waals surface area contributed by atoms with E-state index in [1.807, 2.05) is 0 Å². The number of amides is 2. The predicted octanol–water partition coefficient (Wildman–Crippen LogP) is 1.54. The van der Waals surface area contributed by atoms with Crippen LogP contribution >= 0.6 is 0 Å². The second kappa shape index (κ2) is 6.52. The molecule has 0 spiro atoms. The van der Waals surface area contributed by atoms with E-state index in [1.165, 1.54) is 6.92 Å². The number of benzene rings is 1. The standard InChI is InChI=1S/C15H20N2O3/c1-10(19)16-13-7-5-11(6-8-13)15(20)17-14-4-2-3-12(14)9-18/h5-8,12,14,18H,2-4,9H2,1H3,(H,16,19)(H,17,20). The van der Waals surface area contributed by atoms with E-state index in [1.54, 1.807) is 24.3 Å². The predicted molar refractivity (Wildman–Crippen MR) is 76.4 cm³/mol. The van der Waals surface area contributed by atoms with Gasteiger partial charge in [0.1, 0.15) is 0 Å². The number of aliphatic hydroxyl groups is 1. The lowest BCUT2D eigenvalue weighted by atomic mass is 10.0. The van der Waals surface area contributed by atoms with E-state index in [2.05, 4.69) is 10.6 Å². The van der Waals surface area contributed by atoms with Gasteiger partial charge in [0.25, 0.3) is 5.91 Å². The molecule has 1 aliphatic rings. The van der Waals surface area contributed by atoms with Crippen LogP contribution in [0.3, 0.4) is 0 Å². The van der Waals surface area contributed by atoms with Crippen LogP contribution < -0.4 is 10.6 Å². The number of hydrogen-bond acceptors (Lipinski definition) is 3. The highest BCUT2D eigenvalue weighted by Crippen LogP contribution is 2.25. The Bertz CT molecular complexity index is 484. The van der Waals surface area contributed by atoms with Crippen molar-refractivity contribution in [3.8, 4) is 0 Å². The lowest BCUT2D eigenvalue weighted by Gasteiger charge is -2.19. The van der Waals surface area contributed by atoms with Gasteiger partial charge in [-0.05, 0) is 37.1 Å². The second-order valence-electron chi connectivity index (χ2n) is 5.21. The maximum atomic E-state index is 12.1. The molecule has 0 radical (unpaired) electrons. The highest BCUT2D eigenvalue weighted by molar-refractivity contribution is 5.95. The third-order valence-corrected chi connectivity index (χ3v) is 3.68. The van der Waals surface area contributed by atoms with Crippen molar-refractivity contribution in [2.24, 2.45) is 5.92 Å². The average molecular weight is 276 g/mol. The number of anilines is 1. The summed E-state index contributed by atoms with van der Waals surface area (Å²) in [4.78, 5) is 23.0. The highest BCUT2D eigenvalue weighted by atomic mass is 16.3. The molecule has 5 heteroatoms. The molecule has 2 atom stereocenters. The maximum Gasteiger partial charge on any atom is 0.251 e. The molecule has 0 aliphatic heterocycles. The molecule has 108 valence electrons. The number of hydrogen-bond donors (Lipinski definition) is 3. The molecular formula is C15H20N2O3. The molecule has 20 heavy (non-hydrogen) atoms. The van der Waals surface area contributed by atoms with Crippen LogP contribution in [0.25, 0.3) is 0 Å². The summed E-state index contributed by atoms with van der Waals surface area (Å²) in [6.45, 7) is 1.56. The van der Waals surface area contributed by atoms with Crippen molar-refractivity contribution in [3.63, 3.8) is 0 Å². The van der Waals surface area contributed by atoms with Crippen molar-refractivity contribution in [2.45, 2.75) is 32.2 Å². The van der Waals surface area contributed by atoms with Crippen LogP contribution in [-0.4, -0.2) is 29.6 Å². The lowest BCUT2D eigenvalue weighted by Crippen LogP contribution is -2.38. The number of aliphatic hydroxyl groups excluding tert-OH is 1. The maximum absolute atomic E-state index is 12.1. The monoisotopic (exact) mass is 276 g/mol. The Morgan fingerprint density at radius 2 is 1.95 bits per heavy atom. The van der Waals surface area contributed by atoms with Gasteiger partial charge in [0.05, 0.1) is 0 Å². The van der Waals surface area contributed by atoms with Crippen LogP contribution in [0.2, 0.25) is 0 Å². The molecule has 1 aromatic carbocycles. The first kappa shape index (κ1) is 14.5. The fourth-order valence-corrected chi connectivity index (χ4v) is 2.61. The van der Waals surface area contributed by atoms with E-state index >= 15 is 0 Å². The van der Waals surface area contributed by atoms with E-state index in [-0.39, 0.29) is 30.4 Å². The quantitative estimate of drug-likeness (QED) is 0.780. The first-order chi connectivity index (χ1) is 9.60. The fourth-order valence-electron chi connectivity index (χ4n) is 2.61. The number of carbonyl (C=O) groups is 2. The summed E-state index contributed by atoms with van der Waals surface area (Å²) in [5, 5.41) is 14.9. The van der Waals surface area contributed by atoms with Gasteiger partial charge in [0.15, 0.2) is 0 Å². The van der Waals surface area contributed by atoms with Crippen molar-refractivity contribution in [2.75, 3.05) is 11.9 Å². The molecule has 5 nitrogen and oxygen atoms in total. The largest absolute Gasteiger partial charge is 0.396 e. The lowest BCUT2D eigenvalue weighted by molar-refractivity contribution is -0.114. The summed E-state index contributed by atoms with van der Waals surface area (Å²) >= 11 is 0. The molecule has 1 saturated carbocycles. The molecule has 1 fully saturated rings. The minimum absolute atomic E-state index is 0.0579. The molecule has 2 amide bonds. The summed E-state index contributed by atoms with van der Waals surface area (Å²) in [6, 6.07) is 6.83. The Balaban J connectivity index is 1.97. The Morgan fingerprint density at radius 1 is 1.25 bits per heavy atom. The third-order valence-electron chi connectivity index (χ3n) is 3.68. The SMILES string of the molecule is CC(=O)Nc1ccc(C(=O)NC2CCCC2CO)cc1. The van der Waals surface area contributed by atoms with Gasteiger partial charge < -0.3 is 15.7 Å². The van der Waals surface area contributed by atoms with Crippen LogP contribution in [0, 0.1) is 5.92 Å². The van der Waals surface area contributed by atoms with Crippen LogP contribution in [0.4, 0.5) is 5.69 Å². The summed E-state index contributed by atoms with van der Waals surface area (Å²) in [7, 11) is 0. The van der Waals surface area contributed by atoms with Gasteiger partial charge in [-0.1, -0.05) is 6.42 Å². The van der Waals surface area contributed by atoms with Gasteiger partial charge >= 0.3 is 0 Å². The summed E-state index contributed by atoms with van der Waals surface area (Å²) < 4.78 is 0. The molecule has 0 saturated heterocycles. The Morgan fingerprint density at radius 3 is 2.55 bits per heavy atom. The normalized spacial score (nSPS) is 21.5. The average Bonchev–Trinajstić information content (AvgIpc) is 2.86. The highest BCUT2D eigenvalue weighted by Gasteiger charge is 2.27. The van der Waals surface area contributed by atoms with E-state index < -0.39 is 0 Å². The van der Waals surface area contributed by atoms with Gasteiger partial charge in [-0.3, -0.25) is 9.59 Å². The number of rotatable bonds is 4. The second-order valence-corrected chi connectivity index (χ2v) is 5.21. The van der Waals surface area contributed by atoms with Crippen molar-refractivity contribution in [3.05, 3.63) is 29.8 Å². The third kappa shape index (κ3) is 3.57. The summed E-state index contributed by atoms with van der Waals surface area (Å²) in [6.07, 6.45) is 2.92. The Labute approximate surface area is 118 Å². The molecule has 1 aliphatic carbocycles. The van der Waals surface area contributed by atoms with E-state index in [0.29, 0.717) is 11.3 Å². The van der Waals surface area contributed by atoms with E-state index in [9.17, 15) is 14.7 Å². The van der Waals surface area contributed by atoms with Gasteiger partial charge in [-0.25, -0.2) is 0 Å². The van der Waals surface area contributed by atoms with Crippen molar-refractivity contribution in [1.29, 1.82) is 0 Å². The fraction of sp³-hybridized carbons (Fsp3) is 0.467. The number of nitrogens with one attached hydrogen (secondary N) is 2. The van der Waals surface area contributed by atoms with Crippen LogP contribution in [0.1, 0.15) is 36.5 Å². The molecule has 0 heterocycles. The minimum atomic E-state index is -0.140. The molecule has 1 aromatic rings. The first-order valence-corrected chi connectivity index (χ1v) is 6.89. The van der Waals surface area contributed by atoms with Crippen molar-refractivity contribution < 1.29 is 14.7 Å².